The zero-order valence-corrected chi connectivity index (χ0v) is 18.3. The van der Waals surface area contributed by atoms with Gasteiger partial charge in [-0.1, -0.05) is 48.9 Å². The molecule has 1 saturated heterocycles. The summed E-state index contributed by atoms with van der Waals surface area (Å²) in [4.78, 5) is 7.99. The second-order valence-electron chi connectivity index (χ2n) is 7.25. The number of furan rings is 1. The van der Waals surface area contributed by atoms with Crippen molar-refractivity contribution in [2.75, 3.05) is 6.54 Å². The topological polar surface area (TPSA) is 41.3 Å². The van der Waals surface area contributed by atoms with Crippen LogP contribution in [0.1, 0.15) is 48.9 Å². The first-order valence-electron chi connectivity index (χ1n) is 9.98. The molecule has 29 heavy (non-hydrogen) atoms. The Kier molecular flexibility index (Phi) is 6.21. The van der Waals surface area contributed by atoms with Crippen molar-refractivity contribution in [2.24, 2.45) is 0 Å². The van der Waals surface area contributed by atoms with Crippen LogP contribution >= 0.6 is 24.0 Å². The fraction of sp³-hybridized carbons (Fsp3) is 0.304. The van der Waals surface area contributed by atoms with Gasteiger partial charge in [-0.3, -0.25) is 4.98 Å². The van der Waals surface area contributed by atoms with E-state index < -0.39 is 0 Å². The summed E-state index contributed by atoms with van der Waals surface area (Å²) >= 11 is 7.31. The molecule has 0 aliphatic carbocycles. The molecule has 0 bridgehead atoms. The van der Waals surface area contributed by atoms with Gasteiger partial charge >= 0.3 is 0 Å². The van der Waals surface area contributed by atoms with Gasteiger partial charge in [-0.05, 0) is 62.0 Å². The van der Waals surface area contributed by atoms with E-state index >= 15 is 0 Å². The zero-order valence-electron chi connectivity index (χ0n) is 16.7. The van der Waals surface area contributed by atoms with Crippen molar-refractivity contribution < 1.29 is 4.42 Å². The van der Waals surface area contributed by atoms with Crippen LogP contribution in [-0.4, -0.2) is 21.5 Å². The van der Waals surface area contributed by atoms with Crippen LogP contribution in [0.3, 0.4) is 0 Å². The van der Waals surface area contributed by atoms with Crippen LogP contribution in [0.4, 0.5) is 0 Å². The molecule has 1 aromatic carbocycles. The Bertz CT molecular complexity index is 956. The van der Waals surface area contributed by atoms with Crippen molar-refractivity contribution in [1.29, 1.82) is 0 Å². The largest absolute Gasteiger partial charge is 0.452 e. The summed E-state index contributed by atoms with van der Waals surface area (Å²) in [6.45, 7) is 5.19. The van der Waals surface area contributed by atoms with Gasteiger partial charge in [-0.25, -0.2) is 0 Å². The molecule has 1 aliphatic rings. The first-order valence-corrected chi connectivity index (χ1v) is 11.2. The molecule has 2 aromatic heterocycles. The maximum atomic E-state index is 6.31. The summed E-state index contributed by atoms with van der Waals surface area (Å²) in [5, 5.41) is 5.12. The lowest BCUT2D eigenvalue weighted by molar-refractivity contribution is 0.257. The molecule has 150 valence electrons. The number of pyridine rings is 1. The summed E-state index contributed by atoms with van der Waals surface area (Å²) < 4.78 is 6.31. The molecule has 0 amide bonds. The molecular formula is C23H25N3OS2. The minimum absolute atomic E-state index is 0.00341. The molecule has 6 heteroatoms. The highest BCUT2D eigenvalue weighted by molar-refractivity contribution is 7.99. The van der Waals surface area contributed by atoms with Crippen LogP contribution in [0.15, 0.2) is 75.2 Å². The monoisotopic (exact) mass is 423 g/mol. The maximum absolute atomic E-state index is 6.31. The van der Waals surface area contributed by atoms with Crippen molar-refractivity contribution in [2.45, 2.75) is 48.8 Å². The van der Waals surface area contributed by atoms with Gasteiger partial charge in [-0.2, -0.15) is 0 Å². The third-order valence-electron chi connectivity index (χ3n) is 5.08. The Morgan fingerprint density at radius 2 is 1.97 bits per heavy atom. The van der Waals surface area contributed by atoms with Crippen molar-refractivity contribution in [3.05, 3.63) is 77.8 Å². The van der Waals surface area contributed by atoms with Crippen LogP contribution in [0.2, 0.25) is 0 Å². The summed E-state index contributed by atoms with van der Waals surface area (Å²) in [6, 6.07) is 18.6. The molecule has 3 aromatic rings. The quantitative estimate of drug-likeness (QED) is 0.477. The van der Waals surface area contributed by atoms with Gasteiger partial charge in [0.25, 0.3) is 0 Å². The van der Waals surface area contributed by atoms with Crippen molar-refractivity contribution in [3.8, 4) is 0 Å². The molecule has 4 nitrogen and oxygen atoms in total. The Labute approximate surface area is 181 Å². The highest BCUT2D eigenvalue weighted by Gasteiger charge is 2.41. The number of aryl methyl sites for hydroxylation is 1. The Morgan fingerprint density at radius 1 is 1.14 bits per heavy atom. The summed E-state index contributed by atoms with van der Waals surface area (Å²) in [7, 11) is 0. The predicted molar refractivity (Wildman–Crippen MR) is 121 cm³/mol. The number of nitrogens with one attached hydrogen (secondary N) is 1. The first-order chi connectivity index (χ1) is 14.2. The molecule has 2 atom stereocenters. The molecular weight excluding hydrogens is 398 g/mol. The lowest BCUT2D eigenvalue weighted by Crippen LogP contribution is -2.30. The van der Waals surface area contributed by atoms with Gasteiger partial charge in [0.15, 0.2) is 10.2 Å². The first kappa shape index (κ1) is 20.0. The molecule has 0 unspecified atom stereocenters. The average Bonchev–Trinajstić information content (AvgIpc) is 3.32. The molecule has 0 radical (unpaired) electrons. The minimum atomic E-state index is -0.0241. The fourth-order valence-electron chi connectivity index (χ4n) is 3.55. The second kappa shape index (κ2) is 9.01. The van der Waals surface area contributed by atoms with Crippen LogP contribution in [-0.2, 0) is 0 Å². The van der Waals surface area contributed by atoms with Gasteiger partial charge in [0.2, 0.25) is 0 Å². The number of hydrogen-bond acceptors (Lipinski definition) is 4. The molecule has 0 saturated carbocycles. The van der Waals surface area contributed by atoms with Crippen molar-refractivity contribution >= 4 is 29.1 Å². The van der Waals surface area contributed by atoms with E-state index in [2.05, 4.69) is 65.4 Å². The smallest absolute Gasteiger partial charge is 0.170 e. The second-order valence-corrected chi connectivity index (χ2v) is 8.71. The van der Waals surface area contributed by atoms with E-state index in [1.807, 2.05) is 24.4 Å². The molecule has 0 spiro atoms. The van der Waals surface area contributed by atoms with Gasteiger partial charge in [0.05, 0.1) is 11.7 Å². The van der Waals surface area contributed by atoms with Gasteiger partial charge in [-0.15, -0.1) is 0 Å². The number of thiocarbonyl (C=S) groups is 1. The summed E-state index contributed by atoms with van der Waals surface area (Å²) in [5.74, 6) is 0.915. The number of rotatable bonds is 7. The summed E-state index contributed by atoms with van der Waals surface area (Å²) in [6.07, 6.45) is 4.03. The van der Waals surface area contributed by atoms with Gasteiger partial charge in [0.1, 0.15) is 11.8 Å². The van der Waals surface area contributed by atoms with Crippen LogP contribution in [0, 0.1) is 6.92 Å². The molecule has 1 fully saturated rings. The van der Waals surface area contributed by atoms with E-state index in [1.54, 1.807) is 11.8 Å². The van der Waals surface area contributed by atoms with E-state index in [0.717, 1.165) is 41.0 Å². The lowest BCUT2D eigenvalue weighted by Gasteiger charge is -2.25. The lowest BCUT2D eigenvalue weighted by atomic mass is 10.0. The van der Waals surface area contributed by atoms with E-state index in [4.69, 9.17) is 16.6 Å². The van der Waals surface area contributed by atoms with Crippen LogP contribution in [0.25, 0.3) is 0 Å². The number of hydrogen-bond donors (Lipinski definition) is 1. The Hall–Kier alpha value is -2.31. The van der Waals surface area contributed by atoms with Crippen molar-refractivity contribution in [1.82, 2.24) is 15.2 Å². The predicted octanol–water partition coefficient (Wildman–Crippen LogP) is 5.91. The van der Waals surface area contributed by atoms with E-state index in [1.165, 1.54) is 10.5 Å². The standard InChI is InChI=1S/C23H25N3OS2/c1-3-4-15-26-22(21(25-23(26)28)18-7-5-6-14-24-18)19-12-13-20(27-19)29-17-10-8-16(2)9-11-17/h5-14,21-22H,3-4,15H2,1-2H3,(H,25,28)/t21-,22+/m0/s1. The number of aromatic nitrogens is 1. The van der Waals surface area contributed by atoms with Gasteiger partial charge in [0, 0.05) is 17.6 Å². The van der Waals surface area contributed by atoms with Crippen molar-refractivity contribution in [3.63, 3.8) is 0 Å². The summed E-state index contributed by atoms with van der Waals surface area (Å²) in [5.41, 5.74) is 2.23. The molecule has 3 heterocycles. The van der Waals surface area contributed by atoms with E-state index in [9.17, 15) is 0 Å². The number of unbranched alkanes of at least 4 members (excludes halogenated alkanes) is 1. The maximum Gasteiger partial charge on any atom is 0.170 e. The number of nitrogens with zero attached hydrogens (tertiary/aromatic N) is 2. The highest BCUT2D eigenvalue weighted by atomic mass is 32.2. The third-order valence-corrected chi connectivity index (χ3v) is 6.36. The molecule has 1 aliphatic heterocycles. The SMILES string of the molecule is CCCCN1C(=S)N[C@@H](c2ccccn2)[C@H]1c1ccc(Sc2ccc(C)cc2)o1. The van der Waals surface area contributed by atoms with Gasteiger partial charge < -0.3 is 14.6 Å². The minimum Gasteiger partial charge on any atom is -0.452 e. The van der Waals surface area contributed by atoms with Crippen LogP contribution in [0.5, 0.6) is 0 Å². The van der Waals surface area contributed by atoms with E-state index in [0.29, 0.717) is 0 Å². The third kappa shape index (κ3) is 4.49. The fourth-order valence-corrected chi connectivity index (χ4v) is 4.66. The Balaban J connectivity index is 1.62. The highest BCUT2D eigenvalue weighted by Crippen LogP contribution is 2.41. The zero-order chi connectivity index (χ0) is 20.2. The van der Waals surface area contributed by atoms with Crippen LogP contribution < -0.4 is 5.32 Å². The Morgan fingerprint density at radius 3 is 2.69 bits per heavy atom. The average molecular weight is 424 g/mol. The normalized spacial score (nSPS) is 18.8. The molecule has 4 rings (SSSR count). The van der Waals surface area contributed by atoms with E-state index in [-0.39, 0.29) is 12.1 Å². The number of benzene rings is 1. The molecule has 1 N–H and O–H groups in total.